The zero-order valence-electron chi connectivity index (χ0n) is 17.5. The molecular weight excluding hydrogens is 460 g/mol. The molecule has 0 radical (unpaired) electrons. The highest BCUT2D eigenvalue weighted by Gasteiger charge is 2.42. The van der Waals surface area contributed by atoms with Gasteiger partial charge in [0.1, 0.15) is 24.3 Å². The van der Waals surface area contributed by atoms with Crippen molar-refractivity contribution in [1.29, 1.82) is 0 Å². The van der Waals surface area contributed by atoms with Crippen LogP contribution in [0.2, 0.25) is 0 Å². The van der Waals surface area contributed by atoms with Crippen LogP contribution in [0.1, 0.15) is 37.8 Å². The van der Waals surface area contributed by atoms with Crippen LogP contribution in [0.3, 0.4) is 0 Å². The van der Waals surface area contributed by atoms with Gasteiger partial charge >= 0.3 is 23.9 Å². The summed E-state index contributed by atoms with van der Waals surface area (Å²) in [5, 5.41) is 57.6. The molecule has 1 aliphatic carbocycles. The zero-order chi connectivity index (χ0) is 25.2. The molecule has 4 unspecified atom stereocenters. The molecule has 0 aliphatic heterocycles. The molecule has 0 saturated heterocycles. The standard InChI is InChI=1S/C20H22N2O12/c23-13-3-4-14(24)21(13)9(7-17(27)28)19(31)33-11-1-2-12(11)34-20(32)10(8-18(29)30)22-15(25)5-6-16(22)26/h3-6,9-12,23-26H,1-2,7-8H2,(H,27,28)(H,29,30). The van der Waals surface area contributed by atoms with Gasteiger partial charge in [0.05, 0.1) is 12.8 Å². The Morgan fingerprint density at radius 2 is 1.00 bits per heavy atom. The maximum Gasteiger partial charge on any atom is 0.330 e. The van der Waals surface area contributed by atoms with Gasteiger partial charge in [0.25, 0.3) is 0 Å². The highest BCUT2D eigenvalue weighted by molar-refractivity contribution is 5.82. The summed E-state index contributed by atoms with van der Waals surface area (Å²) < 4.78 is 11.9. The fraction of sp³-hybridized carbons (Fsp3) is 0.400. The molecular formula is C20H22N2O12. The predicted molar refractivity (Wildman–Crippen MR) is 107 cm³/mol. The molecule has 0 bridgehead atoms. The van der Waals surface area contributed by atoms with E-state index in [9.17, 15) is 39.6 Å². The number of ether oxygens (including phenoxy) is 2. The van der Waals surface area contributed by atoms with Crippen molar-refractivity contribution in [2.45, 2.75) is 50.0 Å². The summed E-state index contributed by atoms with van der Waals surface area (Å²) in [6, 6.07) is 0.997. The lowest BCUT2D eigenvalue weighted by Crippen LogP contribution is -2.46. The molecule has 14 heteroatoms. The average molecular weight is 482 g/mol. The van der Waals surface area contributed by atoms with Gasteiger partial charge in [-0.05, 0) is 12.8 Å². The molecule has 184 valence electrons. The number of aliphatic carboxylic acids is 2. The number of esters is 2. The van der Waals surface area contributed by atoms with E-state index < -0.39 is 84.5 Å². The molecule has 1 fully saturated rings. The van der Waals surface area contributed by atoms with Crippen molar-refractivity contribution in [3.8, 4) is 23.5 Å². The van der Waals surface area contributed by atoms with E-state index in [1.54, 1.807) is 0 Å². The number of rotatable bonds is 10. The molecule has 14 nitrogen and oxygen atoms in total. The average Bonchev–Trinajstić information content (AvgIpc) is 3.25. The first-order valence-corrected chi connectivity index (χ1v) is 10.0. The van der Waals surface area contributed by atoms with Crippen LogP contribution < -0.4 is 0 Å². The van der Waals surface area contributed by atoms with Crippen LogP contribution >= 0.6 is 0 Å². The second-order valence-electron chi connectivity index (χ2n) is 7.59. The molecule has 0 spiro atoms. The summed E-state index contributed by atoms with van der Waals surface area (Å²) in [5.41, 5.74) is 0. The lowest BCUT2D eigenvalue weighted by atomic mass is 9.91. The molecule has 4 atom stereocenters. The zero-order valence-corrected chi connectivity index (χ0v) is 17.5. The van der Waals surface area contributed by atoms with Gasteiger partial charge in [-0.25, -0.2) is 9.59 Å². The highest BCUT2D eigenvalue weighted by atomic mass is 16.6. The Bertz CT molecular complexity index is 978. The third-order valence-electron chi connectivity index (χ3n) is 5.34. The van der Waals surface area contributed by atoms with E-state index in [1.807, 2.05) is 0 Å². The summed E-state index contributed by atoms with van der Waals surface area (Å²) in [6.07, 6.45) is -3.19. The number of carbonyl (C=O) groups is 4. The van der Waals surface area contributed by atoms with E-state index in [2.05, 4.69) is 0 Å². The van der Waals surface area contributed by atoms with Crippen LogP contribution in [0.15, 0.2) is 24.3 Å². The Hall–Kier alpha value is -4.36. The van der Waals surface area contributed by atoms with Gasteiger partial charge in [0.15, 0.2) is 23.5 Å². The van der Waals surface area contributed by atoms with Crippen LogP contribution in [-0.2, 0) is 28.7 Å². The Kier molecular flexibility index (Phi) is 6.89. The second-order valence-corrected chi connectivity index (χ2v) is 7.59. The van der Waals surface area contributed by atoms with Crippen molar-refractivity contribution in [3.05, 3.63) is 24.3 Å². The Morgan fingerprint density at radius 3 is 1.24 bits per heavy atom. The lowest BCUT2D eigenvalue weighted by Gasteiger charge is -2.36. The minimum Gasteiger partial charge on any atom is -0.494 e. The normalized spacial score (nSPS) is 18.9. The van der Waals surface area contributed by atoms with Crippen molar-refractivity contribution in [2.24, 2.45) is 0 Å². The van der Waals surface area contributed by atoms with Crippen molar-refractivity contribution < 1.29 is 59.3 Å². The van der Waals surface area contributed by atoms with E-state index in [-0.39, 0.29) is 12.8 Å². The number of carboxylic acids is 2. The van der Waals surface area contributed by atoms with E-state index in [0.29, 0.717) is 9.13 Å². The number of aromatic nitrogens is 2. The lowest BCUT2D eigenvalue weighted by molar-refractivity contribution is -0.186. The quantitative estimate of drug-likeness (QED) is 0.254. The molecule has 2 heterocycles. The van der Waals surface area contributed by atoms with Gasteiger partial charge in [-0.3, -0.25) is 18.7 Å². The number of carboxylic acid groups (broad SMARTS) is 2. The molecule has 0 aromatic carbocycles. The van der Waals surface area contributed by atoms with E-state index in [4.69, 9.17) is 19.7 Å². The van der Waals surface area contributed by atoms with Gasteiger partial charge in [0.2, 0.25) is 0 Å². The Morgan fingerprint density at radius 1 is 0.706 bits per heavy atom. The first kappa shape index (κ1) is 24.3. The van der Waals surface area contributed by atoms with E-state index in [0.717, 1.165) is 24.3 Å². The van der Waals surface area contributed by atoms with E-state index in [1.165, 1.54) is 0 Å². The van der Waals surface area contributed by atoms with Crippen molar-refractivity contribution >= 4 is 23.9 Å². The largest absolute Gasteiger partial charge is 0.494 e. The van der Waals surface area contributed by atoms with Gasteiger partial charge in [-0.2, -0.15) is 0 Å². The summed E-state index contributed by atoms with van der Waals surface area (Å²) >= 11 is 0. The van der Waals surface area contributed by atoms with Crippen LogP contribution in [0.4, 0.5) is 0 Å². The summed E-state index contributed by atoms with van der Waals surface area (Å²) in [7, 11) is 0. The van der Waals surface area contributed by atoms with Gasteiger partial charge < -0.3 is 40.1 Å². The predicted octanol–water partition coefficient (Wildman–Crippen LogP) is 0.461. The summed E-state index contributed by atoms with van der Waals surface area (Å²) in [4.78, 5) is 47.7. The van der Waals surface area contributed by atoms with Gasteiger partial charge in [-0.1, -0.05) is 0 Å². The van der Waals surface area contributed by atoms with E-state index >= 15 is 0 Å². The molecule has 34 heavy (non-hydrogen) atoms. The molecule has 6 N–H and O–H groups in total. The van der Waals surface area contributed by atoms with Crippen molar-refractivity contribution in [3.63, 3.8) is 0 Å². The highest BCUT2D eigenvalue weighted by Crippen LogP contribution is 2.35. The van der Waals surface area contributed by atoms with Crippen molar-refractivity contribution in [2.75, 3.05) is 0 Å². The van der Waals surface area contributed by atoms with Crippen LogP contribution in [0, 0.1) is 0 Å². The fourth-order valence-electron chi connectivity index (χ4n) is 3.55. The Balaban J connectivity index is 1.72. The Labute approximate surface area is 190 Å². The maximum absolute atomic E-state index is 12.7. The molecule has 1 saturated carbocycles. The van der Waals surface area contributed by atoms with Crippen LogP contribution in [0.5, 0.6) is 23.5 Å². The molecule has 2 aromatic rings. The summed E-state index contributed by atoms with van der Waals surface area (Å²) in [6.45, 7) is 0. The summed E-state index contributed by atoms with van der Waals surface area (Å²) in [5.74, 6) is -7.32. The fourth-order valence-corrected chi connectivity index (χ4v) is 3.55. The molecule has 3 rings (SSSR count). The topological polar surface area (TPSA) is 218 Å². The third-order valence-corrected chi connectivity index (χ3v) is 5.34. The third kappa shape index (κ3) is 5.00. The minimum atomic E-state index is -1.61. The second kappa shape index (κ2) is 9.64. The number of hydrogen-bond acceptors (Lipinski definition) is 10. The number of aromatic hydroxyl groups is 4. The number of nitrogens with zero attached hydrogens (tertiary/aromatic N) is 2. The van der Waals surface area contributed by atoms with Gasteiger partial charge in [-0.15, -0.1) is 0 Å². The first-order valence-electron chi connectivity index (χ1n) is 10.0. The SMILES string of the molecule is O=C(O)CC(C(=O)OC1CCC1OC(=O)C(CC(=O)O)n1c(O)ccc1O)n1c(O)ccc1O. The van der Waals surface area contributed by atoms with Gasteiger partial charge in [0, 0.05) is 24.3 Å². The van der Waals surface area contributed by atoms with Crippen LogP contribution in [0.25, 0.3) is 0 Å². The number of carbonyl (C=O) groups excluding carboxylic acids is 2. The monoisotopic (exact) mass is 482 g/mol. The van der Waals surface area contributed by atoms with Crippen molar-refractivity contribution in [1.82, 2.24) is 9.13 Å². The number of hydrogen-bond donors (Lipinski definition) is 6. The van der Waals surface area contributed by atoms with Crippen LogP contribution in [-0.4, -0.2) is 75.9 Å². The minimum absolute atomic E-state index is 0.233. The molecule has 1 aliphatic rings. The molecule has 0 amide bonds. The first-order chi connectivity index (χ1) is 16.0. The smallest absolute Gasteiger partial charge is 0.330 e. The molecule has 2 aromatic heterocycles. The maximum atomic E-state index is 12.7.